The standard InChI is InChI=1S/C14H18N2O2/c1-14(13(17)18,11-3-2-6-15-8-11)16-9-10-4-5-12(16)7-10/h2-3,6,8,10,12H,4-5,7,9H2,1H3,(H,17,18). The summed E-state index contributed by atoms with van der Waals surface area (Å²) in [6.07, 6.45) is 6.91. The van der Waals surface area contributed by atoms with E-state index in [-0.39, 0.29) is 0 Å². The molecule has 4 nitrogen and oxygen atoms in total. The fourth-order valence-corrected chi connectivity index (χ4v) is 3.54. The van der Waals surface area contributed by atoms with E-state index in [0.717, 1.165) is 24.9 Å². The molecule has 1 aliphatic heterocycles. The fraction of sp³-hybridized carbons (Fsp3) is 0.571. The molecule has 2 aliphatic rings. The van der Waals surface area contributed by atoms with Crippen LogP contribution in [0.25, 0.3) is 0 Å². The highest BCUT2D eigenvalue weighted by Crippen LogP contribution is 2.44. The van der Waals surface area contributed by atoms with Crippen LogP contribution in [-0.4, -0.2) is 33.5 Å². The molecule has 2 heterocycles. The molecule has 0 spiro atoms. The van der Waals surface area contributed by atoms with Gasteiger partial charge in [-0.15, -0.1) is 0 Å². The zero-order chi connectivity index (χ0) is 12.8. The smallest absolute Gasteiger partial charge is 0.328 e. The first kappa shape index (κ1) is 11.7. The summed E-state index contributed by atoms with van der Waals surface area (Å²) < 4.78 is 0. The number of likely N-dealkylation sites (tertiary alicyclic amines) is 1. The van der Waals surface area contributed by atoms with Crippen molar-refractivity contribution in [3.63, 3.8) is 0 Å². The lowest BCUT2D eigenvalue weighted by Crippen LogP contribution is -2.53. The molecule has 3 atom stereocenters. The third-order valence-electron chi connectivity index (χ3n) is 4.62. The molecule has 3 rings (SSSR count). The van der Waals surface area contributed by atoms with Crippen molar-refractivity contribution < 1.29 is 9.90 Å². The Kier molecular flexibility index (Phi) is 2.63. The van der Waals surface area contributed by atoms with Crippen LogP contribution in [0.15, 0.2) is 24.5 Å². The first-order valence-corrected chi connectivity index (χ1v) is 6.53. The molecule has 18 heavy (non-hydrogen) atoms. The van der Waals surface area contributed by atoms with Gasteiger partial charge in [0.2, 0.25) is 0 Å². The number of pyridine rings is 1. The molecule has 0 radical (unpaired) electrons. The first-order valence-electron chi connectivity index (χ1n) is 6.53. The van der Waals surface area contributed by atoms with Gasteiger partial charge in [-0.25, -0.2) is 4.79 Å². The third kappa shape index (κ3) is 1.56. The van der Waals surface area contributed by atoms with E-state index in [4.69, 9.17) is 0 Å². The summed E-state index contributed by atoms with van der Waals surface area (Å²) in [4.78, 5) is 18.1. The van der Waals surface area contributed by atoms with Gasteiger partial charge in [0.1, 0.15) is 5.54 Å². The molecule has 96 valence electrons. The maximum absolute atomic E-state index is 11.8. The summed E-state index contributed by atoms with van der Waals surface area (Å²) >= 11 is 0. The molecule has 1 N–H and O–H groups in total. The van der Waals surface area contributed by atoms with Crippen molar-refractivity contribution in [3.8, 4) is 0 Å². The van der Waals surface area contributed by atoms with Crippen LogP contribution >= 0.6 is 0 Å². The lowest BCUT2D eigenvalue weighted by molar-refractivity contribution is -0.152. The van der Waals surface area contributed by atoms with E-state index in [2.05, 4.69) is 9.88 Å². The molecular formula is C14H18N2O2. The van der Waals surface area contributed by atoms with Gasteiger partial charge in [0.15, 0.2) is 0 Å². The number of hydrogen-bond acceptors (Lipinski definition) is 3. The van der Waals surface area contributed by atoms with Crippen LogP contribution in [0.3, 0.4) is 0 Å². The number of carbonyl (C=O) groups is 1. The lowest BCUT2D eigenvalue weighted by Gasteiger charge is -2.40. The second-order valence-corrected chi connectivity index (χ2v) is 5.60. The summed E-state index contributed by atoms with van der Waals surface area (Å²) in [6, 6.07) is 4.11. The van der Waals surface area contributed by atoms with Crippen LogP contribution in [0.1, 0.15) is 31.7 Å². The highest BCUT2D eigenvalue weighted by atomic mass is 16.4. The van der Waals surface area contributed by atoms with Gasteiger partial charge in [-0.1, -0.05) is 6.07 Å². The maximum atomic E-state index is 11.8. The van der Waals surface area contributed by atoms with E-state index < -0.39 is 11.5 Å². The topological polar surface area (TPSA) is 53.4 Å². The Morgan fingerprint density at radius 1 is 1.56 bits per heavy atom. The monoisotopic (exact) mass is 246 g/mol. The number of fused-ring (bicyclic) bond motifs is 2. The van der Waals surface area contributed by atoms with E-state index in [1.54, 1.807) is 12.4 Å². The third-order valence-corrected chi connectivity index (χ3v) is 4.62. The molecule has 3 unspecified atom stereocenters. The Labute approximate surface area is 107 Å². The number of aromatic nitrogens is 1. The molecule has 1 saturated heterocycles. The van der Waals surface area contributed by atoms with E-state index in [9.17, 15) is 9.90 Å². The zero-order valence-corrected chi connectivity index (χ0v) is 10.5. The number of carboxylic acids is 1. The number of piperidine rings is 1. The minimum atomic E-state index is -0.936. The predicted octanol–water partition coefficient (Wildman–Crippen LogP) is 1.87. The Morgan fingerprint density at radius 3 is 2.89 bits per heavy atom. The highest BCUT2D eigenvalue weighted by Gasteiger charge is 2.51. The second kappa shape index (κ2) is 4.05. The number of rotatable bonds is 3. The largest absolute Gasteiger partial charge is 0.480 e. The van der Waals surface area contributed by atoms with Crippen molar-refractivity contribution in [2.45, 2.75) is 37.8 Å². The summed E-state index contributed by atoms with van der Waals surface area (Å²) in [6.45, 7) is 2.72. The number of hydrogen-bond donors (Lipinski definition) is 1. The number of aliphatic carboxylic acids is 1. The molecule has 4 heteroatoms. The van der Waals surface area contributed by atoms with Crippen molar-refractivity contribution in [1.29, 1.82) is 0 Å². The average Bonchev–Trinajstić information content (AvgIpc) is 3.01. The second-order valence-electron chi connectivity index (χ2n) is 5.60. The van der Waals surface area contributed by atoms with Crippen LogP contribution in [0.4, 0.5) is 0 Å². The average molecular weight is 246 g/mol. The van der Waals surface area contributed by atoms with Crippen LogP contribution in [-0.2, 0) is 10.3 Å². The molecule has 2 bridgehead atoms. The van der Waals surface area contributed by atoms with Gasteiger partial charge in [0, 0.05) is 30.5 Å². The van der Waals surface area contributed by atoms with E-state index in [0.29, 0.717) is 12.0 Å². The molecule has 0 amide bonds. The molecular weight excluding hydrogens is 228 g/mol. The van der Waals surface area contributed by atoms with E-state index in [1.807, 2.05) is 19.1 Å². The molecule has 1 aliphatic carbocycles. The quantitative estimate of drug-likeness (QED) is 0.884. The highest BCUT2D eigenvalue weighted by molar-refractivity contribution is 5.80. The number of nitrogens with zero attached hydrogens (tertiary/aromatic N) is 2. The van der Waals surface area contributed by atoms with Crippen molar-refractivity contribution in [1.82, 2.24) is 9.88 Å². The van der Waals surface area contributed by atoms with Gasteiger partial charge in [-0.2, -0.15) is 0 Å². The van der Waals surface area contributed by atoms with Gasteiger partial charge >= 0.3 is 5.97 Å². The van der Waals surface area contributed by atoms with Crippen molar-refractivity contribution >= 4 is 5.97 Å². The van der Waals surface area contributed by atoms with E-state index in [1.165, 1.54) is 6.42 Å². The van der Waals surface area contributed by atoms with Gasteiger partial charge in [0.25, 0.3) is 0 Å². The molecule has 1 aromatic rings. The van der Waals surface area contributed by atoms with Crippen molar-refractivity contribution in [2.75, 3.05) is 6.54 Å². The van der Waals surface area contributed by atoms with Gasteiger partial charge in [-0.05, 0) is 38.2 Å². The number of carboxylic acid groups (broad SMARTS) is 1. The molecule has 2 fully saturated rings. The predicted molar refractivity (Wildman–Crippen MR) is 67.1 cm³/mol. The zero-order valence-electron chi connectivity index (χ0n) is 10.5. The lowest BCUT2D eigenvalue weighted by atomic mass is 9.89. The van der Waals surface area contributed by atoms with Gasteiger partial charge in [0.05, 0.1) is 0 Å². The van der Waals surface area contributed by atoms with Gasteiger partial charge < -0.3 is 5.11 Å². The summed E-state index contributed by atoms with van der Waals surface area (Å²) in [5, 5.41) is 9.71. The fourth-order valence-electron chi connectivity index (χ4n) is 3.54. The Morgan fingerprint density at radius 2 is 2.39 bits per heavy atom. The first-order chi connectivity index (χ1) is 8.62. The summed E-state index contributed by atoms with van der Waals surface area (Å²) in [5.41, 5.74) is -0.154. The van der Waals surface area contributed by atoms with Crippen molar-refractivity contribution in [2.24, 2.45) is 5.92 Å². The Bertz CT molecular complexity index is 462. The Hall–Kier alpha value is -1.42. The molecule has 0 aromatic carbocycles. The molecule has 1 aromatic heterocycles. The Balaban J connectivity index is 2.00. The molecule has 1 saturated carbocycles. The normalized spacial score (nSPS) is 30.3. The van der Waals surface area contributed by atoms with Crippen LogP contribution < -0.4 is 0 Å². The minimum absolute atomic E-state index is 0.427. The minimum Gasteiger partial charge on any atom is -0.480 e. The van der Waals surface area contributed by atoms with Crippen LogP contribution in [0.5, 0.6) is 0 Å². The van der Waals surface area contributed by atoms with Crippen LogP contribution in [0.2, 0.25) is 0 Å². The SMILES string of the molecule is CC(C(=O)O)(c1cccnc1)N1CC2CCC1C2. The van der Waals surface area contributed by atoms with Gasteiger partial charge in [-0.3, -0.25) is 9.88 Å². The summed E-state index contributed by atoms with van der Waals surface area (Å²) in [5.74, 6) is -0.0894. The summed E-state index contributed by atoms with van der Waals surface area (Å²) in [7, 11) is 0. The van der Waals surface area contributed by atoms with Crippen molar-refractivity contribution in [3.05, 3.63) is 30.1 Å². The maximum Gasteiger partial charge on any atom is 0.328 e. The van der Waals surface area contributed by atoms with Crippen LogP contribution in [0, 0.1) is 5.92 Å². The van der Waals surface area contributed by atoms with E-state index >= 15 is 0 Å².